The first-order chi connectivity index (χ1) is 11.4. The van der Waals surface area contributed by atoms with Gasteiger partial charge in [-0.1, -0.05) is 0 Å². The lowest BCUT2D eigenvalue weighted by Crippen LogP contribution is -2.04. The van der Waals surface area contributed by atoms with Crippen LogP contribution in [0, 0.1) is 0 Å². The molecule has 0 aromatic carbocycles. The molecule has 3 aromatic rings. The van der Waals surface area contributed by atoms with Crippen molar-refractivity contribution in [1.82, 2.24) is 20.2 Å². The standard InChI is InChI=1S/C16H17N5O2/c22-6-7-23-15-4-3-14(11-19-15)18-9-13-10-20-21-16(13)12-2-1-5-17-8-12/h1-5,8,10-11,18,22H,6-7,9H2,(H,20,21). The van der Waals surface area contributed by atoms with Crippen molar-refractivity contribution in [3.05, 3.63) is 54.6 Å². The molecule has 0 saturated carbocycles. The highest BCUT2D eigenvalue weighted by atomic mass is 16.5. The Hall–Kier alpha value is -2.93. The fourth-order valence-electron chi connectivity index (χ4n) is 2.12. The van der Waals surface area contributed by atoms with Crippen molar-refractivity contribution in [3.8, 4) is 17.1 Å². The fourth-order valence-corrected chi connectivity index (χ4v) is 2.12. The Balaban J connectivity index is 1.64. The number of aromatic nitrogens is 4. The molecule has 7 heteroatoms. The van der Waals surface area contributed by atoms with Gasteiger partial charge in [0.2, 0.25) is 5.88 Å². The number of pyridine rings is 2. The van der Waals surface area contributed by atoms with Crippen molar-refractivity contribution in [1.29, 1.82) is 0 Å². The third-order valence-corrected chi connectivity index (χ3v) is 3.23. The van der Waals surface area contributed by atoms with Crippen LogP contribution in [-0.2, 0) is 6.54 Å². The highest BCUT2D eigenvalue weighted by Crippen LogP contribution is 2.21. The molecule has 0 aliphatic heterocycles. The van der Waals surface area contributed by atoms with Gasteiger partial charge in [0.25, 0.3) is 0 Å². The van der Waals surface area contributed by atoms with Gasteiger partial charge >= 0.3 is 0 Å². The van der Waals surface area contributed by atoms with E-state index in [4.69, 9.17) is 9.84 Å². The molecule has 7 nitrogen and oxygen atoms in total. The molecule has 118 valence electrons. The summed E-state index contributed by atoms with van der Waals surface area (Å²) >= 11 is 0. The summed E-state index contributed by atoms with van der Waals surface area (Å²) in [7, 11) is 0. The minimum Gasteiger partial charge on any atom is -0.475 e. The zero-order valence-electron chi connectivity index (χ0n) is 12.4. The van der Waals surface area contributed by atoms with E-state index in [1.807, 2.05) is 18.2 Å². The molecule has 0 radical (unpaired) electrons. The molecule has 3 rings (SSSR count). The molecule has 0 atom stereocenters. The zero-order valence-corrected chi connectivity index (χ0v) is 12.4. The number of nitrogens with one attached hydrogen (secondary N) is 2. The summed E-state index contributed by atoms with van der Waals surface area (Å²) in [5, 5.41) is 19.1. The molecule has 0 saturated heterocycles. The van der Waals surface area contributed by atoms with E-state index in [1.54, 1.807) is 30.9 Å². The topological polar surface area (TPSA) is 96.0 Å². The van der Waals surface area contributed by atoms with Crippen LogP contribution in [0.2, 0.25) is 0 Å². The smallest absolute Gasteiger partial charge is 0.213 e. The number of nitrogens with zero attached hydrogens (tertiary/aromatic N) is 3. The predicted octanol–water partition coefficient (Wildman–Crippen LogP) is 1.85. The van der Waals surface area contributed by atoms with E-state index in [-0.39, 0.29) is 13.2 Å². The van der Waals surface area contributed by atoms with Crippen molar-refractivity contribution in [2.45, 2.75) is 6.54 Å². The number of H-pyrrole nitrogens is 1. The van der Waals surface area contributed by atoms with Gasteiger partial charge in [-0.25, -0.2) is 4.98 Å². The average Bonchev–Trinajstić information content (AvgIpc) is 3.08. The maximum Gasteiger partial charge on any atom is 0.213 e. The Labute approximate surface area is 133 Å². The van der Waals surface area contributed by atoms with E-state index in [2.05, 4.69) is 25.5 Å². The van der Waals surface area contributed by atoms with E-state index in [0.717, 1.165) is 22.5 Å². The maximum atomic E-state index is 8.71. The molecule has 0 aliphatic carbocycles. The lowest BCUT2D eigenvalue weighted by Gasteiger charge is -2.08. The van der Waals surface area contributed by atoms with Crippen LogP contribution < -0.4 is 10.1 Å². The average molecular weight is 311 g/mol. The molecule has 0 aliphatic rings. The van der Waals surface area contributed by atoms with Gasteiger partial charge in [0.15, 0.2) is 0 Å². The Kier molecular flexibility index (Phi) is 4.80. The van der Waals surface area contributed by atoms with E-state index in [0.29, 0.717) is 12.4 Å². The highest BCUT2D eigenvalue weighted by Gasteiger charge is 2.07. The van der Waals surface area contributed by atoms with Crippen LogP contribution in [0.3, 0.4) is 0 Å². The first-order valence-corrected chi connectivity index (χ1v) is 7.23. The predicted molar refractivity (Wildman–Crippen MR) is 86.0 cm³/mol. The van der Waals surface area contributed by atoms with Gasteiger partial charge in [-0.05, 0) is 18.2 Å². The van der Waals surface area contributed by atoms with Crippen LogP contribution in [0.1, 0.15) is 5.56 Å². The number of ether oxygens (including phenoxy) is 1. The second-order valence-electron chi connectivity index (χ2n) is 4.82. The number of anilines is 1. The lowest BCUT2D eigenvalue weighted by molar-refractivity contribution is 0.196. The van der Waals surface area contributed by atoms with E-state index in [1.165, 1.54) is 0 Å². The Bertz CT molecular complexity index is 728. The minimum absolute atomic E-state index is 0.0285. The first-order valence-electron chi connectivity index (χ1n) is 7.23. The van der Waals surface area contributed by atoms with Gasteiger partial charge < -0.3 is 15.2 Å². The molecular weight excluding hydrogens is 294 g/mol. The Morgan fingerprint density at radius 1 is 1.17 bits per heavy atom. The zero-order chi connectivity index (χ0) is 15.9. The van der Waals surface area contributed by atoms with Crippen LogP contribution in [-0.4, -0.2) is 38.5 Å². The highest BCUT2D eigenvalue weighted by molar-refractivity contribution is 5.62. The Morgan fingerprint density at radius 2 is 2.13 bits per heavy atom. The van der Waals surface area contributed by atoms with Crippen molar-refractivity contribution in [2.75, 3.05) is 18.5 Å². The maximum absolute atomic E-state index is 8.71. The summed E-state index contributed by atoms with van der Waals surface area (Å²) in [4.78, 5) is 8.29. The lowest BCUT2D eigenvalue weighted by atomic mass is 10.1. The van der Waals surface area contributed by atoms with E-state index in [9.17, 15) is 0 Å². The number of hydrogen-bond acceptors (Lipinski definition) is 6. The third kappa shape index (κ3) is 3.83. The molecule has 3 aromatic heterocycles. The molecule has 3 heterocycles. The summed E-state index contributed by atoms with van der Waals surface area (Å²) in [5.74, 6) is 0.490. The van der Waals surface area contributed by atoms with E-state index >= 15 is 0 Å². The minimum atomic E-state index is -0.0285. The van der Waals surface area contributed by atoms with Crippen LogP contribution in [0.5, 0.6) is 5.88 Å². The Morgan fingerprint density at radius 3 is 2.87 bits per heavy atom. The fraction of sp³-hybridized carbons (Fsp3) is 0.188. The van der Waals surface area contributed by atoms with E-state index < -0.39 is 0 Å². The summed E-state index contributed by atoms with van der Waals surface area (Å²) in [5.41, 5.74) is 3.85. The molecule has 0 unspecified atom stereocenters. The van der Waals surface area contributed by atoms with Gasteiger partial charge in [0, 0.05) is 36.1 Å². The van der Waals surface area contributed by atoms with Crippen LogP contribution in [0.25, 0.3) is 11.3 Å². The molecule has 0 amide bonds. The third-order valence-electron chi connectivity index (χ3n) is 3.23. The summed E-state index contributed by atoms with van der Waals surface area (Å²) in [6.07, 6.45) is 7.02. The SMILES string of the molecule is OCCOc1ccc(NCc2cn[nH]c2-c2cccnc2)cn1. The van der Waals surface area contributed by atoms with Gasteiger partial charge in [-0.15, -0.1) is 0 Å². The van der Waals surface area contributed by atoms with Crippen LogP contribution in [0.4, 0.5) is 5.69 Å². The largest absolute Gasteiger partial charge is 0.475 e. The second kappa shape index (κ2) is 7.37. The molecule has 0 bridgehead atoms. The second-order valence-corrected chi connectivity index (χ2v) is 4.82. The van der Waals surface area contributed by atoms with Gasteiger partial charge in [-0.3, -0.25) is 10.1 Å². The number of aliphatic hydroxyl groups excluding tert-OH is 1. The number of rotatable bonds is 7. The molecule has 0 spiro atoms. The quantitative estimate of drug-likeness (QED) is 0.616. The first kappa shape index (κ1) is 15.0. The van der Waals surface area contributed by atoms with Crippen molar-refractivity contribution < 1.29 is 9.84 Å². The molecule has 3 N–H and O–H groups in total. The van der Waals surface area contributed by atoms with Crippen molar-refractivity contribution in [3.63, 3.8) is 0 Å². The number of aliphatic hydroxyl groups is 1. The van der Waals surface area contributed by atoms with Gasteiger partial charge in [0.1, 0.15) is 6.61 Å². The molecule has 0 fully saturated rings. The number of hydrogen-bond donors (Lipinski definition) is 3. The summed E-state index contributed by atoms with van der Waals surface area (Å²) in [6.45, 7) is 0.821. The molecule has 23 heavy (non-hydrogen) atoms. The van der Waals surface area contributed by atoms with Gasteiger partial charge in [-0.2, -0.15) is 5.10 Å². The summed E-state index contributed by atoms with van der Waals surface area (Å²) < 4.78 is 5.23. The van der Waals surface area contributed by atoms with Crippen molar-refractivity contribution in [2.24, 2.45) is 0 Å². The van der Waals surface area contributed by atoms with Crippen LogP contribution >= 0.6 is 0 Å². The normalized spacial score (nSPS) is 10.5. The van der Waals surface area contributed by atoms with Gasteiger partial charge in [0.05, 0.1) is 30.4 Å². The van der Waals surface area contributed by atoms with Crippen molar-refractivity contribution >= 4 is 5.69 Å². The molecular formula is C16H17N5O2. The summed E-state index contributed by atoms with van der Waals surface area (Å²) in [6, 6.07) is 7.51. The monoisotopic (exact) mass is 311 g/mol. The number of aromatic amines is 1. The van der Waals surface area contributed by atoms with Crippen LogP contribution in [0.15, 0.2) is 49.1 Å².